The summed E-state index contributed by atoms with van der Waals surface area (Å²) in [6, 6.07) is 6.10. The number of alkyl halides is 1. The van der Waals surface area contributed by atoms with E-state index in [-0.39, 0.29) is 11.9 Å². The summed E-state index contributed by atoms with van der Waals surface area (Å²) in [5.74, 6) is 1.95. The van der Waals surface area contributed by atoms with Crippen LogP contribution in [0.1, 0.15) is 57.1 Å². The Morgan fingerprint density at radius 3 is 2.42 bits per heavy atom. The number of methoxy groups -OCH3 is 1. The smallest absolute Gasteiger partial charge is 0.230 e. The largest absolute Gasteiger partial charge is 0.497 e. The van der Waals surface area contributed by atoms with Crippen molar-refractivity contribution in [3.63, 3.8) is 0 Å². The van der Waals surface area contributed by atoms with E-state index in [4.69, 9.17) is 4.74 Å². The van der Waals surface area contributed by atoms with E-state index in [2.05, 4.69) is 11.4 Å². The second-order valence-corrected chi connectivity index (χ2v) is 9.48. The Hall–Kier alpha value is -1.58. The molecule has 26 heavy (non-hydrogen) atoms. The third kappa shape index (κ3) is 2.91. The zero-order valence-electron chi connectivity index (χ0n) is 16.3. The zero-order valence-corrected chi connectivity index (χ0v) is 16.3. The first-order valence-electron chi connectivity index (χ1n) is 9.86. The number of hydrogen-bond donors (Lipinski definition) is 1. The molecule has 0 saturated heterocycles. The van der Waals surface area contributed by atoms with Crippen LogP contribution in [-0.2, 0) is 10.2 Å². The van der Waals surface area contributed by atoms with Crippen molar-refractivity contribution in [2.75, 3.05) is 7.11 Å². The van der Waals surface area contributed by atoms with Gasteiger partial charge in [-0.3, -0.25) is 4.79 Å². The number of benzene rings is 1. The third-order valence-corrected chi connectivity index (χ3v) is 7.07. The molecule has 0 spiro atoms. The van der Waals surface area contributed by atoms with Gasteiger partial charge in [0, 0.05) is 6.04 Å². The van der Waals surface area contributed by atoms with Gasteiger partial charge in [-0.15, -0.1) is 0 Å². The number of ether oxygens (including phenoxy) is 1. The first-order valence-corrected chi connectivity index (χ1v) is 9.86. The van der Waals surface area contributed by atoms with Gasteiger partial charge in [0.05, 0.1) is 12.5 Å². The van der Waals surface area contributed by atoms with Crippen molar-refractivity contribution in [2.24, 2.45) is 17.8 Å². The van der Waals surface area contributed by atoms with E-state index < -0.39 is 11.1 Å². The molecule has 4 bridgehead atoms. The van der Waals surface area contributed by atoms with Gasteiger partial charge in [-0.05, 0) is 93.9 Å². The Bertz CT molecular complexity index is 713. The van der Waals surface area contributed by atoms with E-state index in [0.29, 0.717) is 30.6 Å². The molecule has 1 amide bonds. The van der Waals surface area contributed by atoms with Gasteiger partial charge in [-0.1, -0.05) is 6.07 Å². The van der Waals surface area contributed by atoms with Crippen molar-refractivity contribution in [3.05, 3.63) is 29.3 Å². The first-order chi connectivity index (χ1) is 12.2. The minimum atomic E-state index is -0.961. The maximum absolute atomic E-state index is 14.9. The van der Waals surface area contributed by atoms with E-state index in [1.807, 2.05) is 32.9 Å². The minimum Gasteiger partial charge on any atom is -0.497 e. The molecular formula is C22H30FNO2. The number of aryl methyl sites for hydroxylation is 1. The van der Waals surface area contributed by atoms with Crippen LogP contribution < -0.4 is 10.1 Å². The second kappa shape index (κ2) is 5.97. The van der Waals surface area contributed by atoms with Crippen LogP contribution >= 0.6 is 0 Å². The minimum absolute atomic E-state index is 0.0375. The lowest BCUT2D eigenvalue weighted by atomic mass is 9.53. The molecule has 5 rings (SSSR count). The van der Waals surface area contributed by atoms with Gasteiger partial charge in [0.1, 0.15) is 11.4 Å². The highest BCUT2D eigenvalue weighted by molar-refractivity contribution is 5.87. The molecule has 3 nitrogen and oxygen atoms in total. The molecule has 1 aromatic rings. The third-order valence-electron chi connectivity index (χ3n) is 7.07. The van der Waals surface area contributed by atoms with Crippen LogP contribution in [0.5, 0.6) is 5.75 Å². The monoisotopic (exact) mass is 359 g/mol. The molecule has 0 heterocycles. The highest BCUT2D eigenvalue weighted by Crippen LogP contribution is 2.57. The molecule has 0 aromatic heterocycles. The van der Waals surface area contributed by atoms with Crippen molar-refractivity contribution >= 4 is 5.91 Å². The van der Waals surface area contributed by atoms with Crippen LogP contribution in [0.15, 0.2) is 18.2 Å². The Kier molecular flexibility index (Phi) is 4.09. The first kappa shape index (κ1) is 17.8. The molecular weight excluding hydrogens is 329 g/mol. The SMILES string of the molecule is COc1cc(C)cc(C(C)(C)C(=O)NC2C3CC4C[C@H]2CC(F)(C4)C3)c1. The van der Waals surface area contributed by atoms with Gasteiger partial charge in [-0.25, -0.2) is 4.39 Å². The van der Waals surface area contributed by atoms with Gasteiger partial charge in [0.15, 0.2) is 0 Å². The fraction of sp³-hybridized carbons (Fsp3) is 0.682. The summed E-state index contributed by atoms with van der Waals surface area (Å²) in [5, 5.41) is 3.33. The van der Waals surface area contributed by atoms with Crippen LogP contribution in [0.4, 0.5) is 4.39 Å². The molecule has 4 unspecified atom stereocenters. The summed E-state index contributed by atoms with van der Waals surface area (Å²) in [6.07, 6.45) is 4.15. The number of rotatable bonds is 4. The summed E-state index contributed by atoms with van der Waals surface area (Å²) >= 11 is 0. The van der Waals surface area contributed by atoms with Crippen LogP contribution in [0.3, 0.4) is 0 Å². The lowest BCUT2D eigenvalue weighted by Crippen LogP contribution is -2.61. The molecule has 4 aliphatic carbocycles. The van der Waals surface area contributed by atoms with Crippen LogP contribution in [0.2, 0.25) is 0 Å². The molecule has 1 aromatic carbocycles. The fourth-order valence-electron chi connectivity index (χ4n) is 5.85. The standard InChI is InChI=1S/C22H30FNO2/c1-13-5-17(9-18(6-13)26-4)21(2,3)20(25)24-19-15-7-14-8-16(19)12-22(23,10-14)11-15/h5-6,9,14-16,19H,7-8,10-12H2,1-4H3,(H,24,25)/t14?,15-,16?,19?,22?/m0/s1. The predicted octanol–water partition coefficient (Wildman–Crippen LogP) is 4.31. The zero-order chi connectivity index (χ0) is 18.7. The lowest BCUT2D eigenvalue weighted by molar-refractivity contribution is -0.134. The maximum atomic E-state index is 14.9. The van der Waals surface area contributed by atoms with Gasteiger partial charge >= 0.3 is 0 Å². The van der Waals surface area contributed by atoms with Crippen molar-refractivity contribution in [3.8, 4) is 5.75 Å². The number of carbonyl (C=O) groups excluding carboxylic acids is 1. The highest BCUT2D eigenvalue weighted by Gasteiger charge is 2.56. The number of halogens is 1. The topological polar surface area (TPSA) is 38.3 Å². The molecule has 0 radical (unpaired) electrons. The molecule has 5 atom stereocenters. The summed E-state index contributed by atoms with van der Waals surface area (Å²) in [5.41, 5.74) is 0.422. The average molecular weight is 359 g/mol. The van der Waals surface area contributed by atoms with Gasteiger partial charge in [0.2, 0.25) is 5.91 Å². The Labute approximate surface area is 155 Å². The van der Waals surface area contributed by atoms with Gasteiger partial charge in [-0.2, -0.15) is 0 Å². The number of nitrogens with one attached hydrogen (secondary N) is 1. The van der Waals surface area contributed by atoms with Crippen LogP contribution in [0.25, 0.3) is 0 Å². The Balaban J connectivity index is 1.54. The van der Waals surface area contributed by atoms with Gasteiger partial charge < -0.3 is 10.1 Å². The summed E-state index contributed by atoms with van der Waals surface area (Å²) in [7, 11) is 1.65. The van der Waals surface area contributed by atoms with Crippen molar-refractivity contribution in [1.82, 2.24) is 5.32 Å². The molecule has 0 aliphatic heterocycles. The Morgan fingerprint density at radius 2 is 1.85 bits per heavy atom. The second-order valence-electron chi connectivity index (χ2n) is 9.48. The number of carbonyl (C=O) groups is 1. The molecule has 4 saturated carbocycles. The quantitative estimate of drug-likeness (QED) is 0.870. The molecule has 4 heteroatoms. The van der Waals surface area contributed by atoms with E-state index in [1.165, 1.54) is 0 Å². The molecule has 4 aliphatic rings. The van der Waals surface area contributed by atoms with Crippen LogP contribution in [-0.4, -0.2) is 24.7 Å². The average Bonchev–Trinajstić information content (AvgIpc) is 2.55. The van der Waals surface area contributed by atoms with E-state index in [1.54, 1.807) is 7.11 Å². The molecule has 142 valence electrons. The van der Waals surface area contributed by atoms with E-state index in [0.717, 1.165) is 36.1 Å². The van der Waals surface area contributed by atoms with Crippen molar-refractivity contribution < 1.29 is 13.9 Å². The number of hydrogen-bond acceptors (Lipinski definition) is 2. The predicted molar refractivity (Wildman–Crippen MR) is 100 cm³/mol. The lowest BCUT2D eigenvalue weighted by Gasteiger charge is -2.57. The van der Waals surface area contributed by atoms with E-state index >= 15 is 0 Å². The van der Waals surface area contributed by atoms with E-state index in [9.17, 15) is 9.18 Å². The normalized spacial score (nSPS) is 35.4. The Morgan fingerprint density at radius 1 is 1.19 bits per heavy atom. The highest BCUT2D eigenvalue weighted by atomic mass is 19.1. The summed E-state index contributed by atoms with van der Waals surface area (Å²) < 4.78 is 20.3. The molecule has 1 N–H and O–H groups in total. The van der Waals surface area contributed by atoms with Crippen LogP contribution in [0, 0.1) is 24.7 Å². The number of amides is 1. The van der Waals surface area contributed by atoms with Crippen molar-refractivity contribution in [1.29, 1.82) is 0 Å². The fourth-order valence-corrected chi connectivity index (χ4v) is 5.85. The van der Waals surface area contributed by atoms with Gasteiger partial charge in [0.25, 0.3) is 0 Å². The summed E-state index contributed by atoms with van der Waals surface area (Å²) in [6.45, 7) is 5.94. The maximum Gasteiger partial charge on any atom is 0.230 e. The molecule has 4 fully saturated rings. The van der Waals surface area contributed by atoms with Crippen molar-refractivity contribution in [2.45, 2.75) is 70.0 Å². The summed E-state index contributed by atoms with van der Waals surface area (Å²) in [4.78, 5) is 13.2.